The van der Waals surface area contributed by atoms with E-state index < -0.39 is 11.9 Å². The van der Waals surface area contributed by atoms with Gasteiger partial charge in [-0.15, -0.1) is 0 Å². The third kappa shape index (κ3) is 2.19. The van der Waals surface area contributed by atoms with Crippen LogP contribution in [0, 0.1) is 0 Å². The van der Waals surface area contributed by atoms with Gasteiger partial charge in [-0.1, -0.05) is 0 Å². The van der Waals surface area contributed by atoms with Gasteiger partial charge in [0.2, 0.25) is 0 Å². The summed E-state index contributed by atoms with van der Waals surface area (Å²) in [5, 5.41) is 9.12. The average molecular weight is 317 g/mol. The van der Waals surface area contributed by atoms with Gasteiger partial charge in [-0.3, -0.25) is 0 Å². The molecular weight excluding hydrogens is 304 g/mol. The molecule has 1 aliphatic heterocycles. The van der Waals surface area contributed by atoms with Crippen LogP contribution in [0.2, 0.25) is 0 Å². The fourth-order valence-electron chi connectivity index (χ4n) is 3.04. The molecule has 0 amide bonds. The Hall–Kier alpha value is -2.70. The summed E-state index contributed by atoms with van der Waals surface area (Å²) in [7, 11) is 0. The van der Waals surface area contributed by atoms with Gasteiger partial charge in [0.15, 0.2) is 5.82 Å². The summed E-state index contributed by atoms with van der Waals surface area (Å²) >= 11 is 0. The van der Waals surface area contributed by atoms with E-state index in [4.69, 9.17) is 5.11 Å². The predicted octanol–water partition coefficient (Wildman–Crippen LogP) is 3.03. The van der Waals surface area contributed by atoms with E-state index in [1.807, 2.05) is 22.7 Å². The number of rotatable bonds is 2. The molecule has 1 aliphatic rings. The second-order valence-electron chi connectivity index (χ2n) is 5.73. The van der Waals surface area contributed by atoms with Crippen LogP contribution < -0.4 is 4.90 Å². The van der Waals surface area contributed by atoms with Crippen molar-refractivity contribution >= 4 is 28.3 Å². The Morgan fingerprint density at radius 3 is 2.78 bits per heavy atom. The van der Waals surface area contributed by atoms with Crippen LogP contribution in [-0.4, -0.2) is 39.5 Å². The Labute approximate surface area is 129 Å². The number of hydrogen-bond donors (Lipinski definition) is 1. The van der Waals surface area contributed by atoms with Crippen LogP contribution in [0.5, 0.6) is 0 Å². The van der Waals surface area contributed by atoms with Gasteiger partial charge in [0.25, 0.3) is 5.92 Å². The number of aromatic carboxylic acids is 1. The predicted molar refractivity (Wildman–Crippen MR) is 81.4 cm³/mol. The number of anilines is 1. The van der Waals surface area contributed by atoms with Crippen LogP contribution in [0.1, 0.15) is 16.8 Å². The van der Waals surface area contributed by atoms with E-state index in [1.54, 1.807) is 11.0 Å². The summed E-state index contributed by atoms with van der Waals surface area (Å²) in [5.41, 5.74) is 2.07. The molecule has 5 nitrogen and oxygen atoms in total. The summed E-state index contributed by atoms with van der Waals surface area (Å²) in [6.07, 6.45) is 1.62. The number of halogens is 2. The zero-order chi connectivity index (χ0) is 16.2. The van der Waals surface area contributed by atoms with Crippen LogP contribution in [0.15, 0.2) is 36.5 Å². The summed E-state index contributed by atoms with van der Waals surface area (Å²) in [4.78, 5) is 17.2. The molecule has 1 saturated heterocycles. The van der Waals surface area contributed by atoms with E-state index in [1.165, 1.54) is 12.1 Å². The standard InChI is InChI=1S/C16H13F2N3O2/c17-16(18)5-7-20(9-16)14-13-2-1-6-21(13)12-4-3-10(15(22)23)8-11(12)19-14/h1-4,6,8H,5,7,9H2,(H,22,23). The van der Waals surface area contributed by atoms with Crippen molar-refractivity contribution in [1.82, 2.24) is 9.38 Å². The van der Waals surface area contributed by atoms with E-state index in [0.717, 1.165) is 11.0 Å². The highest BCUT2D eigenvalue weighted by atomic mass is 19.3. The van der Waals surface area contributed by atoms with E-state index in [2.05, 4.69) is 4.98 Å². The second-order valence-corrected chi connectivity index (χ2v) is 5.73. The van der Waals surface area contributed by atoms with Crippen LogP contribution >= 0.6 is 0 Å². The molecule has 1 fully saturated rings. The van der Waals surface area contributed by atoms with E-state index in [0.29, 0.717) is 11.3 Å². The third-order valence-electron chi connectivity index (χ3n) is 4.16. The van der Waals surface area contributed by atoms with Gasteiger partial charge in [0.05, 0.1) is 28.7 Å². The molecule has 1 aromatic carbocycles. The normalized spacial score (nSPS) is 17.2. The number of alkyl halides is 2. The SMILES string of the molecule is O=C(O)c1ccc2c(c1)nc(N1CCC(F)(F)C1)c1cccn12. The molecule has 0 unspecified atom stereocenters. The van der Waals surface area contributed by atoms with Gasteiger partial charge in [-0.25, -0.2) is 18.6 Å². The van der Waals surface area contributed by atoms with Crippen LogP contribution in [-0.2, 0) is 0 Å². The number of hydrogen-bond acceptors (Lipinski definition) is 3. The number of nitrogens with zero attached hydrogens (tertiary/aromatic N) is 3. The van der Waals surface area contributed by atoms with Gasteiger partial charge in [-0.05, 0) is 30.3 Å². The van der Waals surface area contributed by atoms with E-state index in [9.17, 15) is 13.6 Å². The molecule has 1 N–H and O–H groups in total. The Morgan fingerprint density at radius 2 is 2.09 bits per heavy atom. The highest BCUT2D eigenvalue weighted by Crippen LogP contribution is 2.33. The molecule has 0 bridgehead atoms. The zero-order valence-corrected chi connectivity index (χ0v) is 12.0. The molecule has 3 aromatic rings. The summed E-state index contributed by atoms with van der Waals surface area (Å²) in [6, 6.07) is 8.30. The highest BCUT2D eigenvalue weighted by Gasteiger charge is 2.39. The van der Waals surface area contributed by atoms with Crippen LogP contribution in [0.25, 0.3) is 16.6 Å². The summed E-state index contributed by atoms with van der Waals surface area (Å²) in [6.45, 7) is -0.143. The van der Waals surface area contributed by atoms with Crippen molar-refractivity contribution in [2.24, 2.45) is 0 Å². The molecule has 0 atom stereocenters. The number of benzene rings is 1. The van der Waals surface area contributed by atoms with Crippen molar-refractivity contribution in [3.63, 3.8) is 0 Å². The largest absolute Gasteiger partial charge is 0.478 e. The Bertz CT molecular complexity index is 936. The number of carbonyl (C=O) groups is 1. The smallest absolute Gasteiger partial charge is 0.335 e. The number of carboxylic acid groups (broad SMARTS) is 1. The molecule has 4 rings (SSSR count). The maximum atomic E-state index is 13.5. The minimum absolute atomic E-state index is 0.120. The zero-order valence-electron chi connectivity index (χ0n) is 12.0. The van der Waals surface area contributed by atoms with Crippen molar-refractivity contribution in [3.05, 3.63) is 42.1 Å². The molecule has 0 aliphatic carbocycles. The van der Waals surface area contributed by atoms with E-state index in [-0.39, 0.29) is 25.1 Å². The Morgan fingerprint density at radius 1 is 1.26 bits per heavy atom. The van der Waals surface area contributed by atoms with Crippen LogP contribution in [0.4, 0.5) is 14.6 Å². The molecule has 0 saturated carbocycles. The molecule has 3 heterocycles. The average Bonchev–Trinajstić information content (AvgIpc) is 3.12. The number of aromatic nitrogens is 2. The molecule has 0 spiro atoms. The Balaban J connectivity index is 1.95. The molecule has 118 valence electrons. The van der Waals surface area contributed by atoms with Gasteiger partial charge in [0, 0.05) is 19.2 Å². The number of fused-ring (bicyclic) bond motifs is 3. The molecule has 2 aromatic heterocycles. The first-order valence-electron chi connectivity index (χ1n) is 7.21. The maximum absolute atomic E-state index is 13.5. The lowest BCUT2D eigenvalue weighted by molar-refractivity contribution is 0.0257. The first kappa shape index (κ1) is 13.9. The molecule has 7 heteroatoms. The maximum Gasteiger partial charge on any atom is 0.335 e. The molecular formula is C16H13F2N3O2. The van der Waals surface area contributed by atoms with Crippen molar-refractivity contribution in [3.8, 4) is 0 Å². The summed E-state index contributed by atoms with van der Waals surface area (Å²) < 4.78 is 28.9. The topological polar surface area (TPSA) is 57.8 Å². The lowest BCUT2D eigenvalue weighted by Gasteiger charge is -2.19. The minimum Gasteiger partial charge on any atom is -0.478 e. The van der Waals surface area contributed by atoms with Crippen LogP contribution in [0.3, 0.4) is 0 Å². The summed E-state index contributed by atoms with van der Waals surface area (Å²) in [5.74, 6) is -3.30. The lowest BCUT2D eigenvalue weighted by atomic mass is 10.2. The second kappa shape index (κ2) is 4.65. The fraction of sp³-hybridized carbons (Fsp3) is 0.250. The van der Waals surface area contributed by atoms with Crippen molar-refractivity contribution in [2.45, 2.75) is 12.3 Å². The highest BCUT2D eigenvalue weighted by molar-refractivity contribution is 5.94. The number of carboxylic acids is 1. The monoisotopic (exact) mass is 317 g/mol. The minimum atomic E-state index is -2.72. The van der Waals surface area contributed by atoms with E-state index >= 15 is 0 Å². The third-order valence-corrected chi connectivity index (χ3v) is 4.16. The van der Waals surface area contributed by atoms with Crippen molar-refractivity contribution in [1.29, 1.82) is 0 Å². The van der Waals surface area contributed by atoms with Gasteiger partial charge < -0.3 is 14.4 Å². The molecule has 23 heavy (non-hydrogen) atoms. The van der Waals surface area contributed by atoms with Gasteiger partial charge in [-0.2, -0.15) is 0 Å². The van der Waals surface area contributed by atoms with Gasteiger partial charge >= 0.3 is 5.97 Å². The quantitative estimate of drug-likeness (QED) is 0.789. The lowest BCUT2D eigenvalue weighted by Crippen LogP contribution is -2.26. The fourth-order valence-corrected chi connectivity index (χ4v) is 3.04. The van der Waals surface area contributed by atoms with Gasteiger partial charge in [0.1, 0.15) is 0 Å². The van der Waals surface area contributed by atoms with Crippen molar-refractivity contribution < 1.29 is 18.7 Å². The Kier molecular flexibility index (Phi) is 2.81. The first-order chi connectivity index (χ1) is 10.9. The molecule has 0 radical (unpaired) electrons. The van der Waals surface area contributed by atoms with Crippen molar-refractivity contribution in [2.75, 3.05) is 18.0 Å². The first-order valence-corrected chi connectivity index (χ1v) is 7.21.